The van der Waals surface area contributed by atoms with Gasteiger partial charge in [0.1, 0.15) is 17.9 Å². The second-order valence-electron chi connectivity index (χ2n) is 9.33. The van der Waals surface area contributed by atoms with Gasteiger partial charge in [-0.2, -0.15) is 0 Å². The third-order valence-corrected chi connectivity index (χ3v) is 6.41. The molecule has 1 aliphatic carbocycles. The van der Waals surface area contributed by atoms with Crippen LogP contribution in [0.25, 0.3) is 0 Å². The maximum Gasteiger partial charge on any atom is 0.133 e. The molecular weight excluding hydrogens is 348 g/mol. The van der Waals surface area contributed by atoms with Crippen LogP contribution < -0.4 is 4.90 Å². The topological polar surface area (TPSA) is 49.3 Å². The monoisotopic (exact) mass is 386 g/mol. The minimum atomic E-state index is 0.204. The molecule has 0 N–H and O–H groups in total. The van der Waals surface area contributed by atoms with E-state index in [0.717, 1.165) is 12.1 Å². The Labute approximate surface area is 170 Å². The van der Waals surface area contributed by atoms with Gasteiger partial charge in [0.15, 0.2) is 0 Å². The lowest BCUT2D eigenvalue weighted by molar-refractivity contribution is -0.110. The van der Waals surface area contributed by atoms with E-state index in [1.165, 1.54) is 63.9 Å². The van der Waals surface area contributed by atoms with Crippen molar-refractivity contribution < 1.29 is 4.79 Å². The molecule has 5 heteroatoms. The van der Waals surface area contributed by atoms with Gasteiger partial charge in [0.2, 0.25) is 0 Å². The molecule has 1 aromatic heterocycles. The molecule has 2 aliphatic heterocycles. The van der Waals surface area contributed by atoms with Crippen LogP contribution in [0.15, 0.2) is 12.3 Å². The number of nitrogens with zero attached hydrogens (tertiary/aromatic N) is 4. The quantitative estimate of drug-likeness (QED) is 0.717. The molecule has 0 aromatic carbocycles. The maximum atomic E-state index is 9.50. The van der Waals surface area contributed by atoms with Crippen molar-refractivity contribution in [3.8, 4) is 0 Å². The molecule has 2 bridgehead atoms. The van der Waals surface area contributed by atoms with Gasteiger partial charge in [-0.15, -0.1) is 0 Å². The van der Waals surface area contributed by atoms with Gasteiger partial charge in [0.25, 0.3) is 0 Å². The minimum Gasteiger partial charge on any atom is -0.348 e. The Bertz CT molecular complexity index is 613. The average molecular weight is 387 g/mol. The van der Waals surface area contributed by atoms with Crippen LogP contribution in [0.2, 0.25) is 0 Å². The molecule has 2 saturated heterocycles. The highest BCUT2D eigenvalue weighted by Crippen LogP contribution is 2.36. The van der Waals surface area contributed by atoms with Crippen molar-refractivity contribution in [2.75, 3.05) is 18.0 Å². The molecule has 3 aliphatic rings. The average Bonchev–Trinajstić information content (AvgIpc) is 2.98. The first kappa shape index (κ1) is 21.2. The highest BCUT2D eigenvalue weighted by Gasteiger charge is 2.41. The maximum absolute atomic E-state index is 9.50. The van der Waals surface area contributed by atoms with Crippen LogP contribution in [0.1, 0.15) is 84.4 Å². The van der Waals surface area contributed by atoms with E-state index in [9.17, 15) is 4.79 Å². The van der Waals surface area contributed by atoms with Crippen LogP contribution in [-0.4, -0.2) is 52.4 Å². The highest BCUT2D eigenvalue weighted by atomic mass is 16.1. The standard InChI is InChI=1S/C19H30N4.C4H8O/c1-14(2)22-12-16-8-9-17(13-22)23(16)18-10-11-20-19(21-18)15-6-4-3-5-7-15;1-4(2)3-5/h10-11,14-17H,3-9,12-13H2,1-2H3;3-4H,1-2H3. The molecule has 1 aromatic rings. The molecule has 0 radical (unpaired) electrons. The summed E-state index contributed by atoms with van der Waals surface area (Å²) >= 11 is 0. The fourth-order valence-electron chi connectivity index (χ4n) is 4.80. The smallest absolute Gasteiger partial charge is 0.133 e. The zero-order chi connectivity index (χ0) is 20.1. The summed E-state index contributed by atoms with van der Waals surface area (Å²) in [6, 6.07) is 4.09. The zero-order valence-electron chi connectivity index (χ0n) is 18.2. The van der Waals surface area contributed by atoms with E-state index in [4.69, 9.17) is 4.98 Å². The van der Waals surface area contributed by atoms with Crippen LogP contribution in [0.5, 0.6) is 0 Å². The minimum absolute atomic E-state index is 0.204. The lowest BCUT2D eigenvalue weighted by Gasteiger charge is -2.43. The van der Waals surface area contributed by atoms with Crippen LogP contribution >= 0.6 is 0 Å². The summed E-state index contributed by atoms with van der Waals surface area (Å²) < 4.78 is 0. The van der Waals surface area contributed by atoms with Gasteiger partial charge in [-0.3, -0.25) is 4.90 Å². The Morgan fingerprint density at radius 1 is 1.00 bits per heavy atom. The number of rotatable bonds is 4. The molecule has 156 valence electrons. The highest BCUT2D eigenvalue weighted by molar-refractivity contribution is 5.51. The molecule has 3 fully saturated rings. The van der Waals surface area contributed by atoms with E-state index >= 15 is 0 Å². The summed E-state index contributed by atoms with van der Waals surface area (Å²) in [5.41, 5.74) is 0. The van der Waals surface area contributed by atoms with Crippen LogP contribution in [0.4, 0.5) is 5.82 Å². The van der Waals surface area contributed by atoms with E-state index in [-0.39, 0.29) is 5.92 Å². The molecule has 1 saturated carbocycles. The predicted octanol–water partition coefficient (Wildman–Crippen LogP) is 4.43. The molecule has 0 amide bonds. The van der Waals surface area contributed by atoms with Crippen molar-refractivity contribution in [3.63, 3.8) is 0 Å². The van der Waals surface area contributed by atoms with Crippen molar-refractivity contribution >= 4 is 12.1 Å². The van der Waals surface area contributed by atoms with Crippen LogP contribution in [0.3, 0.4) is 0 Å². The van der Waals surface area contributed by atoms with Crippen LogP contribution in [-0.2, 0) is 4.79 Å². The van der Waals surface area contributed by atoms with Gasteiger partial charge in [-0.05, 0) is 45.6 Å². The van der Waals surface area contributed by atoms with Crippen molar-refractivity contribution in [1.82, 2.24) is 14.9 Å². The van der Waals surface area contributed by atoms with Crippen molar-refractivity contribution in [2.45, 2.75) is 96.7 Å². The number of likely N-dealkylation sites (tertiary alicyclic amines) is 1. The summed E-state index contributed by atoms with van der Waals surface area (Å²) in [7, 11) is 0. The summed E-state index contributed by atoms with van der Waals surface area (Å²) in [5, 5.41) is 0. The van der Waals surface area contributed by atoms with Gasteiger partial charge >= 0.3 is 0 Å². The normalized spacial score (nSPS) is 25.7. The molecular formula is C23H38N4O. The van der Waals surface area contributed by atoms with Crippen molar-refractivity contribution in [3.05, 3.63) is 18.1 Å². The number of fused-ring (bicyclic) bond motifs is 2. The van der Waals surface area contributed by atoms with E-state index in [1.54, 1.807) is 0 Å². The van der Waals surface area contributed by atoms with E-state index in [0.29, 0.717) is 24.0 Å². The number of aldehydes is 1. The summed E-state index contributed by atoms with van der Waals surface area (Å²) in [4.78, 5) is 24.4. The summed E-state index contributed by atoms with van der Waals surface area (Å²) in [6.45, 7) is 10.7. The fourth-order valence-corrected chi connectivity index (χ4v) is 4.80. The van der Waals surface area contributed by atoms with Gasteiger partial charge in [0.05, 0.1) is 0 Å². The van der Waals surface area contributed by atoms with Gasteiger partial charge in [-0.1, -0.05) is 33.1 Å². The Morgan fingerprint density at radius 3 is 2.14 bits per heavy atom. The Balaban J connectivity index is 0.000000403. The lowest BCUT2D eigenvalue weighted by atomic mass is 9.89. The lowest BCUT2D eigenvalue weighted by Crippen LogP contribution is -2.55. The SMILES string of the molecule is CC(C)C=O.CC(C)N1CC2CCC(C1)N2c1ccnc(C2CCCCC2)n1. The number of hydrogen-bond acceptors (Lipinski definition) is 5. The molecule has 0 spiro atoms. The second-order valence-corrected chi connectivity index (χ2v) is 9.33. The molecule has 3 heterocycles. The predicted molar refractivity (Wildman–Crippen MR) is 115 cm³/mol. The Morgan fingerprint density at radius 2 is 1.61 bits per heavy atom. The number of aromatic nitrogens is 2. The largest absolute Gasteiger partial charge is 0.348 e. The number of piperazine rings is 1. The van der Waals surface area contributed by atoms with Crippen LogP contribution in [0, 0.1) is 5.92 Å². The Hall–Kier alpha value is -1.49. The van der Waals surface area contributed by atoms with E-state index in [1.807, 2.05) is 20.0 Å². The first-order valence-electron chi connectivity index (χ1n) is 11.3. The molecule has 28 heavy (non-hydrogen) atoms. The van der Waals surface area contributed by atoms with Gasteiger partial charge in [-0.25, -0.2) is 9.97 Å². The fraction of sp³-hybridized carbons (Fsp3) is 0.783. The molecule has 5 nitrogen and oxygen atoms in total. The molecule has 2 atom stereocenters. The Kier molecular flexibility index (Phi) is 7.44. The second kappa shape index (κ2) is 9.82. The number of carbonyl (C=O) groups excluding carboxylic acids is 1. The number of anilines is 1. The summed E-state index contributed by atoms with van der Waals surface area (Å²) in [5.74, 6) is 3.10. The molecule has 2 unspecified atom stereocenters. The van der Waals surface area contributed by atoms with E-state index in [2.05, 4.69) is 34.7 Å². The first-order valence-corrected chi connectivity index (χ1v) is 11.3. The zero-order valence-corrected chi connectivity index (χ0v) is 18.2. The number of hydrogen-bond donors (Lipinski definition) is 0. The third kappa shape index (κ3) is 5.11. The van der Waals surface area contributed by atoms with Gasteiger partial charge in [0, 0.05) is 49.2 Å². The van der Waals surface area contributed by atoms with Crippen molar-refractivity contribution in [1.29, 1.82) is 0 Å². The molecule has 4 rings (SSSR count). The third-order valence-electron chi connectivity index (χ3n) is 6.41. The van der Waals surface area contributed by atoms with Gasteiger partial charge < -0.3 is 9.69 Å². The summed E-state index contributed by atoms with van der Waals surface area (Å²) in [6.07, 6.45) is 12.2. The number of carbonyl (C=O) groups is 1. The van der Waals surface area contributed by atoms with Crippen molar-refractivity contribution in [2.24, 2.45) is 5.92 Å². The van der Waals surface area contributed by atoms with E-state index < -0.39 is 0 Å². The first-order chi connectivity index (χ1) is 13.5.